The summed E-state index contributed by atoms with van der Waals surface area (Å²) in [6.45, 7) is 16.6. The summed E-state index contributed by atoms with van der Waals surface area (Å²) in [6, 6.07) is 0. The van der Waals surface area contributed by atoms with Gasteiger partial charge in [0.05, 0.1) is 31.0 Å². The maximum Gasteiger partial charge on any atom is 0.187 e. The highest BCUT2D eigenvalue weighted by Gasteiger charge is 2.72. The quantitative estimate of drug-likeness (QED) is 0.115. The Bertz CT molecular complexity index is 1370. The van der Waals surface area contributed by atoms with E-state index >= 15 is 0 Å². The van der Waals surface area contributed by atoms with Crippen molar-refractivity contribution in [3.63, 3.8) is 0 Å². The van der Waals surface area contributed by atoms with E-state index in [9.17, 15) is 46.0 Å². The molecule has 2 saturated heterocycles. The van der Waals surface area contributed by atoms with Gasteiger partial charge in [0.15, 0.2) is 12.6 Å². The number of fused-ring (bicyclic) bond motifs is 5. The van der Waals surface area contributed by atoms with Crippen LogP contribution in [0, 0.1) is 45.3 Å². The Morgan fingerprint density at radius 1 is 0.709 bits per heavy atom. The predicted molar refractivity (Wildman–Crippen MR) is 201 cm³/mol. The van der Waals surface area contributed by atoms with Gasteiger partial charge in [-0.25, -0.2) is 0 Å². The summed E-state index contributed by atoms with van der Waals surface area (Å²) in [5.74, 6) is 0.196. The lowest BCUT2D eigenvalue weighted by Crippen LogP contribution is -2.67. The van der Waals surface area contributed by atoms with Gasteiger partial charge in [-0.2, -0.15) is 0 Å². The molecule has 1 unspecified atom stereocenters. The lowest BCUT2D eigenvalue weighted by molar-refractivity contribution is -0.338. The molecule has 0 spiro atoms. The van der Waals surface area contributed by atoms with Crippen LogP contribution < -0.4 is 0 Å². The third-order valence-electron chi connectivity index (χ3n) is 16.7. The summed E-state index contributed by atoms with van der Waals surface area (Å²) < 4.78 is 24.9. The smallest absolute Gasteiger partial charge is 0.187 e. The molecule has 318 valence electrons. The van der Waals surface area contributed by atoms with Crippen LogP contribution in [0.4, 0.5) is 0 Å². The minimum atomic E-state index is -1.55. The highest BCUT2D eigenvalue weighted by molar-refractivity contribution is 5.20. The van der Waals surface area contributed by atoms with Crippen molar-refractivity contribution < 1.29 is 64.9 Å². The van der Waals surface area contributed by atoms with Crippen LogP contribution in [0.25, 0.3) is 0 Å². The minimum Gasteiger partial charge on any atom is -0.394 e. The molecule has 0 amide bonds. The van der Waals surface area contributed by atoms with E-state index in [2.05, 4.69) is 40.7 Å². The molecule has 6 aliphatic rings. The van der Waals surface area contributed by atoms with Gasteiger partial charge in [0.1, 0.15) is 48.8 Å². The SMILES string of the molecule is CC(C)=CCC[C@](C)(O[C@@H]1O[C@H](CO)[C@@H](O)[C@H](O)[C@H]1O)[C@H]1CC[C@@]2(C)[C@@H]1[C@H](O)C[C@@H]1[C@@]3(C)CC[C@H](O[C@@H]4O[C@H](CO)[C@@H](O)[C@H](O)[C@H]4O)C(C)(C)C3CC[C@]12C. The molecule has 9 N–H and O–H groups in total. The maximum absolute atomic E-state index is 12.5. The third-order valence-corrected chi connectivity index (χ3v) is 16.7. The van der Waals surface area contributed by atoms with Gasteiger partial charge in [-0.3, -0.25) is 0 Å². The summed E-state index contributed by atoms with van der Waals surface area (Å²) in [4.78, 5) is 0. The molecule has 13 nitrogen and oxygen atoms in total. The van der Waals surface area contributed by atoms with Crippen molar-refractivity contribution >= 4 is 0 Å². The van der Waals surface area contributed by atoms with Crippen molar-refractivity contribution in [2.24, 2.45) is 45.3 Å². The molecule has 0 radical (unpaired) electrons. The average Bonchev–Trinajstić information content (AvgIpc) is 3.51. The molecule has 0 bridgehead atoms. The second-order valence-corrected chi connectivity index (χ2v) is 20.1. The summed E-state index contributed by atoms with van der Waals surface area (Å²) in [6.07, 6.45) is -5.39. The Balaban J connectivity index is 1.26. The van der Waals surface area contributed by atoms with Gasteiger partial charge in [0, 0.05) is 0 Å². The summed E-state index contributed by atoms with van der Waals surface area (Å²) >= 11 is 0. The Morgan fingerprint density at radius 2 is 1.27 bits per heavy atom. The lowest BCUT2D eigenvalue weighted by Gasteiger charge is -2.71. The van der Waals surface area contributed by atoms with Gasteiger partial charge in [-0.1, -0.05) is 46.3 Å². The zero-order chi connectivity index (χ0) is 40.6. The van der Waals surface area contributed by atoms with E-state index in [4.69, 9.17) is 18.9 Å². The Labute approximate surface area is 327 Å². The molecule has 13 heteroatoms. The molecule has 4 saturated carbocycles. The summed E-state index contributed by atoms with van der Waals surface area (Å²) in [5, 5.41) is 95.9. The van der Waals surface area contributed by atoms with E-state index < -0.39 is 86.3 Å². The molecular formula is C42H72O13. The van der Waals surface area contributed by atoms with Crippen molar-refractivity contribution in [1.29, 1.82) is 0 Å². The molecule has 20 atom stereocenters. The first-order valence-electron chi connectivity index (χ1n) is 20.9. The molecule has 55 heavy (non-hydrogen) atoms. The Kier molecular flexibility index (Phi) is 12.5. The van der Waals surface area contributed by atoms with Gasteiger partial charge >= 0.3 is 0 Å². The molecule has 0 aromatic rings. The second-order valence-electron chi connectivity index (χ2n) is 20.1. The van der Waals surface area contributed by atoms with Crippen LogP contribution >= 0.6 is 0 Å². The molecule has 6 fully saturated rings. The van der Waals surface area contributed by atoms with Crippen LogP contribution in [0.1, 0.15) is 113 Å². The number of rotatable bonds is 10. The third kappa shape index (κ3) is 7.10. The lowest BCUT2D eigenvalue weighted by atomic mass is 9.35. The van der Waals surface area contributed by atoms with E-state index in [1.165, 1.54) is 5.57 Å². The molecule has 0 aromatic heterocycles. The van der Waals surface area contributed by atoms with Gasteiger partial charge in [0.2, 0.25) is 0 Å². The zero-order valence-electron chi connectivity index (χ0n) is 34.3. The van der Waals surface area contributed by atoms with Crippen molar-refractivity contribution in [3.8, 4) is 0 Å². The highest BCUT2D eigenvalue weighted by atomic mass is 16.7. The van der Waals surface area contributed by atoms with E-state index in [0.29, 0.717) is 25.7 Å². The highest BCUT2D eigenvalue weighted by Crippen LogP contribution is 2.76. The molecule has 4 aliphatic carbocycles. The fraction of sp³-hybridized carbons (Fsp3) is 0.952. The zero-order valence-corrected chi connectivity index (χ0v) is 34.3. The monoisotopic (exact) mass is 784 g/mol. The van der Waals surface area contributed by atoms with Crippen molar-refractivity contribution in [2.45, 2.75) is 192 Å². The largest absolute Gasteiger partial charge is 0.394 e. The van der Waals surface area contributed by atoms with Gasteiger partial charge in [0.25, 0.3) is 0 Å². The van der Waals surface area contributed by atoms with E-state index in [0.717, 1.165) is 32.1 Å². The Morgan fingerprint density at radius 3 is 1.85 bits per heavy atom. The molecular weight excluding hydrogens is 712 g/mol. The minimum absolute atomic E-state index is 0.104. The fourth-order valence-corrected chi connectivity index (χ4v) is 13.4. The van der Waals surface area contributed by atoms with Crippen LogP contribution in [0.5, 0.6) is 0 Å². The van der Waals surface area contributed by atoms with Crippen LogP contribution in [0.3, 0.4) is 0 Å². The topological polar surface area (TPSA) is 219 Å². The molecule has 2 heterocycles. The molecule has 6 rings (SSSR count). The van der Waals surface area contributed by atoms with Crippen molar-refractivity contribution in [1.82, 2.24) is 0 Å². The number of aliphatic hydroxyl groups excluding tert-OH is 9. The van der Waals surface area contributed by atoms with Crippen LogP contribution in [0.2, 0.25) is 0 Å². The molecule has 0 aromatic carbocycles. The van der Waals surface area contributed by atoms with Crippen LogP contribution in [-0.4, -0.2) is 138 Å². The number of aliphatic hydroxyl groups is 9. The maximum atomic E-state index is 12.5. The number of allylic oxidation sites excluding steroid dienone is 2. The second kappa shape index (κ2) is 15.7. The van der Waals surface area contributed by atoms with E-state index in [1.54, 1.807) is 0 Å². The van der Waals surface area contributed by atoms with Crippen LogP contribution in [0.15, 0.2) is 11.6 Å². The van der Waals surface area contributed by atoms with Crippen molar-refractivity contribution in [2.75, 3.05) is 13.2 Å². The fourth-order valence-electron chi connectivity index (χ4n) is 13.4. The molecule has 2 aliphatic heterocycles. The van der Waals surface area contributed by atoms with Gasteiger partial charge < -0.3 is 64.9 Å². The first kappa shape index (κ1) is 43.8. The first-order chi connectivity index (χ1) is 25.6. The number of hydrogen-bond acceptors (Lipinski definition) is 13. The number of hydrogen-bond donors (Lipinski definition) is 9. The number of ether oxygens (including phenoxy) is 4. The summed E-state index contributed by atoms with van der Waals surface area (Å²) in [7, 11) is 0. The Hall–Kier alpha value is -0.780. The predicted octanol–water partition coefficient (Wildman–Crippen LogP) is 2.15. The first-order valence-corrected chi connectivity index (χ1v) is 20.9. The van der Waals surface area contributed by atoms with E-state index in [1.807, 2.05) is 20.8 Å². The normalized spacial score (nSPS) is 52.0. The van der Waals surface area contributed by atoms with Gasteiger partial charge in [-0.05, 0) is 124 Å². The van der Waals surface area contributed by atoms with Crippen molar-refractivity contribution in [3.05, 3.63) is 11.6 Å². The van der Waals surface area contributed by atoms with Crippen LogP contribution in [-0.2, 0) is 18.9 Å². The average molecular weight is 785 g/mol. The standard InChI is InChI=1S/C42H72O13/c1-21(2)10-9-14-42(8,55-37-35(51)33(49)31(47)25(20-44)53-37)22-11-16-41(7)29(22)23(45)18-27-39(5)15-13-28(38(3,4)26(39)12-17-40(27,41)6)54-36-34(50)32(48)30(46)24(19-43)52-36/h10,22-37,43-51H,9,11-20H2,1-8H3/t22-,23+,24+,25+,26?,27+,28-,29-,30+,31+,32-,33-,34+,35+,36-,37-,39-,40+,41-,42-/m0/s1. The van der Waals surface area contributed by atoms with Gasteiger partial charge in [-0.15, -0.1) is 0 Å². The summed E-state index contributed by atoms with van der Waals surface area (Å²) in [5.41, 5.74) is -0.592. The van der Waals surface area contributed by atoms with E-state index in [-0.39, 0.29) is 51.4 Å².